The molecule has 1 aromatic rings. The lowest BCUT2D eigenvalue weighted by molar-refractivity contribution is -0.144. The largest absolute Gasteiger partial charge is 0.504 e. The Labute approximate surface area is 102 Å². The second-order valence-electron chi connectivity index (χ2n) is 3.45. The van der Waals surface area contributed by atoms with E-state index in [2.05, 4.69) is 4.74 Å². The summed E-state index contributed by atoms with van der Waals surface area (Å²) in [5, 5.41) is 18.3. The molecule has 4 heteroatoms. The van der Waals surface area contributed by atoms with Gasteiger partial charge in [-0.15, -0.1) is 0 Å². The fraction of sp³-hybridized carbons (Fsp3) is 0.462. The number of aromatic hydroxyl groups is 2. The van der Waals surface area contributed by atoms with Crippen LogP contribution in [0.4, 0.5) is 0 Å². The van der Waals surface area contributed by atoms with Gasteiger partial charge < -0.3 is 14.9 Å². The minimum atomic E-state index is -0.289. The van der Waals surface area contributed by atoms with Gasteiger partial charge in [-0.2, -0.15) is 0 Å². The number of phenolic OH excluding ortho intramolecular Hbond substituents is 2. The molecule has 0 bridgehead atoms. The van der Waals surface area contributed by atoms with Crippen LogP contribution in [0, 0.1) is 5.92 Å². The summed E-state index contributed by atoms with van der Waals surface area (Å²) in [6.45, 7) is 5.75. The standard InChI is InChI=1S/C11H14O4.C2H6/c1-7(11(14)15-2)5-8-3-4-9(12)10(13)6-8;1-2/h3-4,6-7,12-13H,5H2,1-2H3;1-2H3/t7-;/m0./s1. The maximum Gasteiger partial charge on any atom is 0.308 e. The van der Waals surface area contributed by atoms with Gasteiger partial charge in [-0.1, -0.05) is 26.8 Å². The van der Waals surface area contributed by atoms with Crippen LogP contribution in [0.25, 0.3) is 0 Å². The predicted octanol–water partition coefficient (Wildman–Crippen LogP) is 2.48. The van der Waals surface area contributed by atoms with E-state index in [1.165, 1.54) is 19.2 Å². The van der Waals surface area contributed by atoms with Gasteiger partial charge >= 0.3 is 5.97 Å². The van der Waals surface area contributed by atoms with Crippen molar-refractivity contribution in [3.63, 3.8) is 0 Å². The van der Waals surface area contributed by atoms with Crippen molar-refractivity contribution < 1.29 is 19.7 Å². The van der Waals surface area contributed by atoms with E-state index in [9.17, 15) is 9.90 Å². The van der Waals surface area contributed by atoms with Gasteiger partial charge in [0.1, 0.15) is 0 Å². The molecule has 0 aliphatic rings. The second-order valence-corrected chi connectivity index (χ2v) is 3.45. The first kappa shape index (κ1) is 15.3. The Morgan fingerprint density at radius 3 is 2.35 bits per heavy atom. The molecule has 0 aliphatic heterocycles. The zero-order valence-electron chi connectivity index (χ0n) is 10.7. The number of hydrogen-bond acceptors (Lipinski definition) is 4. The van der Waals surface area contributed by atoms with Crippen molar-refractivity contribution in [1.82, 2.24) is 0 Å². The molecule has 0 spiro atoms. The van der Waals surface area contributed by atoms with Crippen LogP contribution in [0.3, 0.4) is 0 Å². The second kappa shape index (κ2) is 7.54. The predicted molar refractivity (Wildman–Crippen MR) is 66.0 cm³/mol. The Morgan fingerprint density at radius 2 is 1.88 bits per heavy atom. The van der Waals surface area contributed by atoms with Crippen LogP contribution in [-0.4, -0.2) is 23.3 Å². The number of carbonyl (C=O) groups is 1. The first-order chi connectivity index (χ1) is 8.04. The monoisotopic (exact) mass is 240 g/mol. The highest BCUT2D eigenvalue weighted by molar-refractivity contribution is 5.72. The molecule has 1 rings (SSSR count). The third-order valence-electron chi connectivity index (χ3n) is 2.19. The molecule has 0 aromatic heterocycles. The van der Waals surface area contributed by atoms with Crippen molar-refractivity contribution in [3.8, 4) is 11.5 Å². The van der Waals surface area contributed by atoms with Crippen LogP contribution in [0.1, 0.15) is 26.3 Å². The molecule has 1 atom stereocenters. The Kier molecular flexibility index (Phi) is 6.79. The fourth-order valence-electron chi connectivity index (χ4n) is 1.33. The van der Waals surface area contributed by atoms with Crippen molar-refractivity contribution in [2.45, 2.75) is 27.2 Å². The number of benzene rings is 1. The Morgan fingerprint density at radius 1 is 1.29 bits per heavy atom. The highest BCUT2D eigenvalue weighted by Crippen LogP contribution is 2.26. The van der Waals surface area contributed by atoms with Crippen LogP contribution in [0.2, 0.25) is 0 Å². The van der Waals surface area contributed by atoms with Gasteiger partial charge in [-0.3, -0.25) is 4.79 Å². The summed E-state index contributed by atoms with van der Waals surface area (Å²) in [6, 6.07) is 4.50. The summed E-state index contributed by atoms with van der Waals surface area (Å²) in [5.74, 6) is -0.893. The summed E-state index contributed by atoms with van der Waals surface area (Å²) in [4.78, 5) is 11.1. The first-order valence-electron chi connectivity index (χ1n) is 5.63. The minimum absolute atomic E-state index is 0.163. The molecule has 0 saturated heterocycles. The normalized spacial score (nSPS) is 11.1. The molecule has 0 unspecified atom stereocenters. The summed E-state index contributed by atoms with van der Waals surface area (Å²) in [6.07, 6.45) is 0.473. The van der Waals surface area contributed by atoms with Gasteiger partial charge in [-0.25, -0.2) is 0 Å². The first-order valence-corrected chi connectivity index (χ1v) is 5.63. The molecule has 0 amide bonds. The lowest BCUT2D eigenvalue weighted by atomic mass is 10.0. The molecule has 1 aromatic carbocycles. The van der Waals surface area contributed by atoms with E-state index in [4.69, 9.17) is 5.11 Å². The molecule has 2 N–H and O–H groups in total. The Balaban J connectivity index is 0.00000121. The lowest BCUT2D eigenvalue weighted by Crippen LogP contribution is -2.14. The molecular formula is C13H20O4. The summed E-state index contributed by atoms with van der Waals surface area (Å²) in [5.41, 5.74) is 0.781. The van der Waals surface area contributed by atoms with Crippen LogP contribution in [0.5, 0.6) is 11.5 Å². The van der Waals surface area contributed by atoms with Gasteiger partial charge in [-0.05, 0) is 24.1 Å². The van der Waals surface area contributed by atoms with Crippen LogP contribution >= 0.6 is 0 Å². The minimum Gasteiger partial charge on any atom is -0.504 e. The van der Waals surface area contributed by atoms with E-state index in [0.29, 0.717) is 6.42 Å². The summed E-state index contributed by atoms with van der Waals surface area (Å²) in [7, 11) is 1.34. The topological polar surface area (TPSA) is 66.8 Å². The molecule has 0 aliphatic carbocycles. The molecule has 0 saturated carbocycles. The highest BCUT2D eigenvalue weighted by Gasteiger charge is 2.14. The van der Waals surface area contributed by atoms with E-state index in [1.807, 2.05) is 13.8 Å². The number of esters is 1. The average molecular weight is 240 g/mol. The van der Waals surface area contributed by atoms with Crippen molar-refractivity contribution in [1.29, 1.82) is 0 Å². The third kappa shape index (κ3) is 4.76. The van der Waals surface area contributed by atoms with Gasteiger partial charge in [0.25, 0.3) is 0 Å². The van der Waals surface area contributed by atoms with Gasteiger partial charge in [0.2, 0.25) is 0 Å². The number of hydrogen-bond donors (Lipinski definition) is 2. The molecule has 0 radical (unpaired) electrons. The third-order valence-corrected chi connectivity index (χ3v) is 2.19. The maximum atomic E-state index is 11.1. The van der Waals surface area contributed by atoms with E-state index < -0.39 is 0 Å². The quantitative estimate of drug-likeness (QED) is 0.629. The molecule has 96 valence electrons. The van der Waals surface area contributed by atoms with Crippen LogP contribution in [-0.2, 0) is 16.0 Å². The van der Waals surface area contributed by atoms with Crippen LogP contribution in [0.15, 0.2) is 18.2 Å². The molecular weight excluding hydrogens is 220 g/mol. The number of phenols is 2. The van der Waals surface area contributed by atoms with Gasteiger partial charge in [0.15, 0.2) is 11.5 Å². The van der Waals surface area contributed by atoms with E-state index in [-0.39, 0.29) is 23.4 Å². The fourth-order valence-corrected chi connectivity index (χ4v) is 1.33. The van der Waals surface area contributed by atoms with Crippen molar-refractivity contribution in [2.75, 3.05) is 7.11 Å². The summed E-state index contributed by atoms with van der Waals surface area (Å²) < 4.78 is 4.59. The zero-order chi connectivity index (χ0) is 13.4. The zero-order valence-corrected chi connectivity index (χ0v) is 10.7. The maximum absolute atomic E-state index is 11.1. The number of ether oxygens (including phenoxy) is 1. The molecule has 17 heavy (non-hydrogen) atoms. The Bertz CT molecular complexity index is 360. The lowest BCUT2D eigenvalue weighted by Gasteiger charge is -2.09. The van der Waals surface area contributed by atoms with Crippen LogP contribution < -0.4 is 0 Å². The average Bonchev–Trinajstić information content (AvgIpc) is 2.35. The van der Waals surface area contributed by atoms with Crippen molar-refractivity contribution in [3.05, 3.63) is 23.8 Å². The number of carbonyl (C=O) groups excluding carboxylic acids is 1. The van der Waals surface area contributed by atoms with Crippen molar-refractivity contribution in [2.24, 2.45) is 5.92 Å². The van der Waals surface area contributed by atoms with Crippen molar-refractivity contribution >= 4 is 5.97 Å². The highest BCUT2D eigenvalue weighted by atomic mass is 16.5. The van der Waals surface area contributed by atoms with E-state index >= 15 is 0 Å². The summed E-state index contributed by atoms with van der Waals surface area (Å²) >= 11 is 0. The smallest absolute Gasteiger partial charge is 0.308 e. The van der Waals surface area contributed by atoms with Gasteiger partial charge in [0.05, 0.1) is 13.0 Å². The SMILES string of the molecule is CC.COC(=O)[C@@H](C)Cc1ccc(O)c(O)c1. The number of methoxy groups -OCH3 is 1. The van der Waals surface area contributed by atoms with E-state index in [0.717, 1.165) is 5.56 Å². The molecule has 4 nitrogen and oxygen atoms in total. The van der Waals surface area contributed by atoms with E-state index in [1.54, 1.807) is 13.0 Å². The molecule has 0 heterocycles. The Hall–Kier alpha value is -1.71. The molecule has 0 fully saturated rings. The van der Waals surface area contributed by atoms with Gasteiger partial charge in [0, 0.05) is 0 Å². The number of rotatable bonds is 3.